The smallest absolute Gasteiger partial charge is 0.0896 e. The maximum atomic E-state index is 5.61. The lowest BCUT2D eigenvalue weighted by Crippen LogP contribution is -2.36. The summed E-state index contributed by atoms with van der Waals surface area (Å²) in [5, 5.41) is 0. The van der Waals surface area contributed by atoms with Crippen molar-refractivity contribution in [2.24, 2.45) is 0 Å². The monoisotopic (exact) mass is 372 g/mol. The maximum Gasteiger partial charge on any atom is 0.0896 e. The Bertz CT molecular complexity index is 838. The van der Waals surface area contributed by atoms with E-state index >= 15 is 0 Å². The van der Waals surface area contributed by atoms with Crippen molar-refractivity contribution in [3.8, 4) is 0 Å². The van der Waals surface area contributed by atoms with Crippen LogP contribution < -0.4 is 0 Å². The molecule has 0 N–H and O–H groups in total. The van der Waals surface area contributed by atoms with Gasteiger partial charge in [-0.15, -0.1) is 0 Å². The zero-order chi connectivity index (χ0) is 19.2. The second-order valence-electron chi connectivity index (χ2n) is 7.47. The molecule has 3 heteroatoms. The number of benzene rings is 3. The first-order valence-corrected chi connectivity index (χ1v) is 9.96. The third kappa shape index (κ3) is 4.33. The van der Waals surface area contributed by atoms with Gasteiger partial charge in [0.2, 0.25) is 0 Å². The molecule has 1 heterocycles. The van der Waals surface area contributed by atoms with Crippen LogP contribution in [0.15, 0.2) is 91.0 Å². The molecule has 0 saturated carbocycles. The van der Waals surface area contributed by atoms with Crippen LogP contribution in [0.2, 0.25) is 0 Å². The Balaban J connectivity index is 1.67. The van der Waals surface area contributed by atoms with Crippen molar-refractivity contribution < 1.29 is 4.74 Å². The number of hydrogen-bond donors (Lipinski definition) is 0. The topological polar surface area (TPSA) is 15.7 Å². The highest BCUT2D eigenvalue weighted by Crippen LogP contribution is 2.36. The highest BCUT2D eigenvalue weighted by Gasteiger charge is 2.40. The van der Waals surface area contributed by atoms with E-state index < -0.39 is 0 Å². The van der Waals surface area contributed by atoms with E-state index in [1.54, 1.807) is 7.11 Å². The molecule has 28 heavy (non-hydrogen) atoms. The normalized spacial score (nSPS) is 20.5. The zero-order valence-corrected chi connectivity index (χ0v) is 16.4. The molecule has 0 spiro atoms. The Morgan fingerprint density at radius 1 is 0.750 bits per heavy atom. The van der Waals surface area contributed by atoms with Crippen LogP contribution in [0, 0.1) is 0 Å². The third-order valence-electron chi connectivity index (χ3n) is 5.47. The Morgan fingerprint density at radius 2 is 1.29 bits per heavy atom. The van der Waals surface area contributed by atoms with E-state index in [2.05, 4.69) is 101 Å². The Kier molecular flexibility index (Phi) is 6.17. The van der Waals surface area contributed by atoms with Crippen LogP contribution in [0.4, 0.5) is 0 Å². The molecule has 2 atom stereocenters. The standard InChI is InChI=1S/C25H28N2O/c1-28-20-24-19-26(17-21-11-5-2-6-12-21)25(23-15-9-4-10-16-23)27(24)18-22-13-7-3-8-14-22/h2-16,24-25H,17-20H2,1H3/t24-,25-/m0/s1. The predicted octanol–water partition coefficient (Wildman–Crippen LogP) is 4.72. The molecule has 4 rings (SSSR count). The molecule has 0 bridgehead atoms. The minimum absolute atomic E-state index is 0.238. The molecular formula is C25H28N2O. The lowest BCUT2D eigenvalue weighted by molar-refractivity contribution is 0.0746. The summed E-state index contributed by atoms with van der Waals surface area (Å²) in [4.78, 5) is 5.18. The SMILES string of the molecule is COC[C@@H]1CN(Cc2ccccc2)[C@H](c2ccccc2)N1Cc1ccccc1. The molecule has 0 amide bonds. The molecule has 3 aromatic rings. The van der Waals surface area contributed by atoms with E-state index in [1.807, 2.05) is 0 Å². The Morgan fingerprint density at radius 3 is 1.86 bits per heavy atom. The third-order valence-corrected chi connectivity index (χ3v) is 5.47. The van der Waals surface area contributed by atoms with Crippen molar-refractivity contribution in [3.63, 3.8) is 0 Å². The summed E-state index contributed by atoms with van der Waals surface area (Å²) in [7, 11) is 1.80. The van der Waals surface area contributed by atoms with Crippen LogP contribution in [0.3, 0.4) is 0 Å². The van der Waals surface area contributed by atoms with Crippen molar-refractivity contribution in [1.29, 1.82) is 0 Å². The molecular weight excluding hydrogens is 344 g/mol. The van der Waals surface area contributed by atoms with Crippen molar-refractivity contribution >= 4 is 0 Å². The van der Waals surface area contributed by atoms with E-state index in [0.29, 0.717) is 6.04 Å². The first-order chi connectivity index (χ1) is 13.8. The maximum absolute atomic E-state index is 5.61. The summed E-state index contributed by atoms with van der Waals surface area (Å²) in [5.74, 6) is 0. The van der Waals surface area contributed by atoms with Gasteiger partial charge in [-0.1, -0.05) is 91.0 Å². The molecule has 1 aliphatic heterocycles. The highest BCUT2D eigenvalue weighted by atomic mass is 16.5. The van der Waals surface area contributed by atoms with Gasteiger partial charge in [0.25, 0.3) is 0 Å². The molecule has 3 nitrogen and oxygen atoms in total. The van der Waals surface area contributed by atoms with E-state index in [4.69, 9.17) is 4.74 Å². The van der Waals surface area contributed by atoms with Crippen molar-refractivity contribution in [2.45, 2.75) is 25.3 Å². The molecule has 0 aromatic heterocycles. The van der Waals surface area contributed by atoms with Gasteiger partial charge in [0, 0.05) is 32.8 Å². The number of nitrogens with zero attached hydrogens (tertiary/aromatic N) is 2. The fourth-order valence-electron chi connectivity index (χ4n) is 4.23. The molecule has 144 valence electrons. The van der Waals surface area contributed by atoms with Crippen LogP contribution in [0.1, 0.15) is 22.9 Å². The van der Waals surface area contributed by atoms with Crippen molar-refractivity contribution in [1.82, 2.24) is 9.80 Å². The molecule has 0 aliphatic carbocycles. The van der Waals surface area contributed by atoms with Gasteiger partial charge in [0.05, 0.1) is 12.8 Å². The summed E-state index contributed by atoms with van der Waals surface area (Å²) < 4.78 is 5.61. The number of methoxy groups -OCH3 is 1. The Hall–Kier alpha value is -2.46. The van der Waals surface area contributed by atoms with Crippen LogP contribution in [-0.4, -0.2) is 36.1 Å². The van der Waals surface area contributed by atoms with E-state index in [0.717, 1.165) is 26.2 Å². The number of ether oxygens (including phenoxy) is 1. The van der Waals surface area contributed by atoms with Gasteiger partial charge in [-0.05, 0) is 16.7 Å². The summed E-state index contributed by atoms with van der Waals surface area (Å²) in [5.41, 5.74) is 4.03. The van der Waals surface area contributed by atoms with Gasteiger partial charge in [-0.25, -0.2) is 0 Å². The van der Waals surface area contributed by atoms with Crippen LogP contribution in [0.5, 0.6) is 0 Å². The molecule has 1 fully saturated rings. The second kappa shape index (κ2) is 9.16. The van der Waals surface area contributed by atoms with Crippen molar-refractivity contribution in [2.75, 3.05) is 20.3 Å². The fourth-order valence-corrected chi connectivity index (χ4v) is 4.23. The summed E-state index contributed by atoms with van der Waals surface area (Å²) >= 11 is 0. The van der Waals surface area contributed by atoms with E-state index in [1.165, 1.54) is 16.7 Å². The average Bonchev–Trinajstić information content (AvgIpc) is 3.07. The van der Waals surface area contributed by atoms with Gasteiger partial charge in [-0.2, -0.15) is 0 Å². The van der Waals surface area contributed by atoms with Gasteiger partial charge < -0.3 is 4.74 Å². The van der Waals surface area contributed by atoms with Crippen molar-refractivity contribution in [3.05, 3.63) is 108 Å². The number of rotatable bonds is 7. The van der Waals surface area contributed by atoms with Gasteiger partial charge in [0.1, 0.15) is 0 Å². The summed E-state index contributed by atoms with van der Waals surface area (Å²) in [6.45, 7) is 3.59. The lowest BCUT2D eigenvalue weighted by atomic mass is 10.1. The highest BCUT2D eigenvalue weighted by molar-refractivity contribution is 5.23. The summed E-state index contributed by atoms with van der Waals surface area (Å²) in [6.07, 6.45) is 0.238. The first-order valence-electron chi connectivity index (χ1n) is 9.96. The molecule has 3 aromatic carbocycles. The fraction of sp³-hybridized carbons (Fsp3) is 0.280. The van der Waals surface area contributed by atoms with E-state index in [-0.39, 0.29) is 6.17 Å². The minimum atomic E-state index is 0.238. The second-order valence-corrected chi connectivity index (χ2v) is 7.47. The quantitative estimate of drug-likeness (QED) is 0.597. The zero-order valence-electron chi connectivity index (χ0n) is 16.4. The average molecular weight is 373 g/mol. The largest absolute Gasteiger partial charge is 0.383 e. The molecule has 0 radical (unpaired) electrons. The molecule has 1 saturated heterocycles. The van der Waals surface area contributed by atoms with Crippen LogP contribution in [-0.2, 0) is 17.8 Å². The van der Waals surface area contributed by atoms with Crippen LogP contribution in [0.25, 0.3) is 0 Å². The lowest BCUT2D eigenvalue weighted by Gasteiger charge is -2.32. The summed E-state index contributed by atoms with van der Waals surface area (Å²) in [6, 6.07) is 32.7. The van der Waals surface area contributed by atoms with Crippen LogP contribution >= 0.6 is 0 Å². The molecule has 1 aliphatic rings. The number of hydrogen-bond acceptors (Lipinski definition) is 3. The van der Waals surface area contributed by atoms with Gasteiger partial charge >= 0.3 is 0 Å². The Labute approximate surface area is 168 Å². The molecule has 0 unspecified atom stereocenters. The minimum Gasteiger partial charge on any atom is -0.383 e. The van der Waals surface area contributed by atoms with Gasteiger partial charge in [0.15, 0.2) is 0 Å². The predicted molar refractivity (Wildman–Crippen MR) is 114 cm³/mol. The van der Waals surface area contributed by atoms with E-state index in [9.17, 15) is 0 Å². The van der Waals surface area contributed by atoms with Gasteiger partial charge in [-0.3, -0.25) is 9.80 Å². The first kappa shape index (κ1) is 18.9.